The Balaban J connectivity index is 2.29. The molecule has 6 nitrogen and oxygen atoms in total. The highest BCUT2D eigenvalue weighted by Crippen LogP contribution is 2.32. The summed E-state index contributed by atoms with van der Waals surface area (Å²) in [5.74, 6) is 0.869. The van der Waals surface area contributed by atoms with Gasteiger partial charge in [0, 0.05) is 31.5 Å². The lowest BCUT2D eigenvalue weighted by molar-refractivity contribution is -0.137. The lowest BCUT2D eigenvalue weighted by Crippen LogP contribution is -2.37. The van der Waals surface area contributed by atoms with Gasteiger partial charge in [-0.2, -0.15) is 0 Å². The van der Waals surface area contributed by atoms with Gasteiger partial charge >= 0.3 is 0 Å². The summed E-state index contributed by atoms with van der Waals surface area (Å²) in [4.78, 5) is 20.0. The number of carbonyl (C=O) groups is 1. The van der Waals surface area contributed by atoms with Crippen LogP contribution in [0.15, 0.2) is 36.0 Å². The van der Waals surface area contributed by atoms with Crippen molar-refractivity contribution in [3.8, 4) is 5.75 Å². The van der Waals surface area contributed by atoms with E-state index in [2.05, 4.69) is 44.7 Å². The van der Waals surface area contributed by atoms with E-state index in [1.54, 1.807) is 6.07 Å². The number of rotatable bonds is 17. The zero-order valence-electron chi connectivity index (χ0n) is 24.3. The molecule has 212 valence electrons. The average Bonchev–Trinajstić information content (AvgIpc) is 2.90. The highest BCUT2D eigenvalue weighted by atomic mass is 16.6. The number of benzene rings is 1. The first-order chi connectivity index (χ1) is 18.4. The third-order valence-electron chi connectivity index (χ3n) is 6.94. The van der Waals surface area contributed by atoms with Crippen molar-refractivity contribution in [2.75, 3.05) is 19.7 Å². The molecule has 2 rings (SSSR count). The molecule has 1 fully saturated rings. The van der Waals surface area contributed by atoms with Gasteiger partial charge in [0.1, 0.15) is 17.6 Å². The Morgan fingerprint density at radius 2 is 1.87 bits per heavy atom. The number of oxime groups is 1. The number of hydrogen-bond acceptors (Lipinski definition) is 5. The van der Waals surface area contributed by atoms with E-state index in [0.29, 0.717) is 12.2 Å². The molecule has 1 aliphatic heterocycles. The Morgan fingerprint density at radius 3 is 2.53 bits per heavy atom. The molecule has 1 aromatic carbocycles. The van der Waals surface area contributed by atoms with Gasteiger partial charge in [0.05, 0.1) is 5.71 Å². The number of unbranched alkanes of at least 4 members (excludes halogenated alkanes) is 1. The quantitative estimate of drug-likeness (QED) is 0.0982. The van der Waals surface area contributed by atoms with E-state index in [1.807, 2.05) is 17.9 Å². The molecule has 38 heavy (non-hydrogen) atoms. The molecule has 1 aromatic rings. The summed E-state index contributed by atoms with van der Waals surface area (Å²) in [5, 5.41) is 15.0. The van der Waals surface area contributed by atoms with Gasteiger partial charge in [-0.1, -0.05) is 63.9 Å². The second-order valence-corrected chi connectivity index (χ2v) is 10.3. The van der Waals surface area contributed by atoms with Crippen molar-refractivity contribution >= 4 is 17.4 Å². The Kier molecular flexibility index (Phi) is 14.6. The number of amides is 1. The van der Waals surface area contributed by atoms with Crippen LogP contribution in [0.4, 0.5) is 0 Å². The molecule has 0 aliphatic carbocycles. The van der Waals surface area contributed by atoms with Crippen LogP contribution in [-0.2, 0) is 27.2 Å². The summed E-state index contributed by atoms with van der Waals surface area (Å²) in [7, 11) is 0. The maximum absolute atomic E-state index is 12.6. The number of aryl methyl sites for hydroxylation is 1. The Hall–Kier alpha value is -2.76. The van der Waals surface area contributed by atoms with Gasteiger partial charge in [-0.25, -0.2) is 0 Å². The van der Waals surface area contributed by atoms with Crippen LogP contribution in [0.3, 0.4) is 0 Å². The Morgan fingerprint density at radius 1 is 1.13 bits per heavy atom. The predicted molar refractivity (Wildman–Crippen MR) is 157 cm³/mol. The number of ether oxygens (including phenoxy) is 1. The molecule has 1 aliphatic rings. The fourth-order valence-corrected chi connectivity index (χ4v) is 4.99. The summed E-state index contributed by atoms with van der Waals surface area (Å²) in [6.07, 6.45) is 15.4. The second kappa shape index (κ2) is 17.7. The molecule has 1 unspecified atom stereocenters. The van der Waals surface area contributed by atoms with Crippen molar-refractivity contribution in [3.63, 3.8) is 0 Å². The number of aromatic hydroxyl groups is 1. The van der Waals surface area contributed by atoms with Gasteiger partial charge in [-0.15, -0.1) is 0 Å². The SMILES string of the molecule is C=C(OC(C/C=C/C)CCC)c1c(CCC)cc(O)cc1C/C(CCCC)=N\OCC(=O)N1CCCCC1. The second-order valence-electron chi connectivity index (χ2n) is 10.3. The minimum absolute atomic E-state index is 0.00330. The van der Waals surface area contributed by atoms with Gasteiger partial charge in [-0.3, -0.25) is 4.79 Å². The molecule has 0 radical (unpaired) electrons. The highest BCUT2D eigenvalue weighted by molar-refractivity contribution is 5.88. The first kappa shape index (κ1) is 31.5. The van der Waals surface area contributed by atoms with Crippen molar-refractivity contribution in [2.45, 2.75) is 111 Å². The summed E-state index contributed by atoms with van der Waals surface area (Å²) in [5.41, 5.74) is 3.78. The largest absolute Gasteiger partial charge is 0.508 e. The molecule has 0 aromatic heterocycles. The molecule has 1 atom stereocenters. The lowest BCUT2D eigenvalue weighted by atomic mass is 9.92. The lowest BCUT2D eigenvalue weighted by Gasteiger charge is -2.26. The van der Waals surface area contributed by atoms with E-state index in [9.17, 15) is 9.90 Å². The third kappa shape index (κ3) is 10.5. The number of carbonyl (C=O) groups excluding carboxylic acids is 1. The smallest absolute Gasteiger partial charge is 0.263 e. The van der Waals surface area contributed by atoms with Gasteiger partial charge < -0.3 is 19.6 Å². The van der Waals surface area contributed by atoms with Gasteiger partial charge in [0.25, 0.3) is 5.91 Å². The standard InChI is InChI=1S/C32H50N2O4/c1-6-10-17-28(33-37-24-31(36)34-19-13-12-14-20-34)21-27-23-29(35)22-26(15-8-3)32(27)25(5)38-30(16-9-4)18-11-7-2/h7,11,22-23,30,35H,5-6,8-10,12-21,24H2,1-4H3/b11-7+,33-28-. The molecule has 0 bridgehead atoms. The van der Waals surface area contributed by atoms with Crippen molar-refractivity contribution in [1.29, 1.82) is 0 Å². The van der Waals surface area contributed by atoms with E-state index >= 15 is 0 Å². The summed E-state index contributed by atoms with van der Waals surface area (Å²) in [6.45, 7) is 14.4. The summed E-state index contributed by atoms with van der Waals surface area (Å²) >= 11 is 0. The number of nitrogens with zero attached hydrogens (tertiary/aromatic N) is 2. The number of phenolic OH excluding ortho intramolecular Hbond substituents is 1. The zero-order valence-corrected chi connectivity index (χ0v) is 24.3. The summed E-state index contributed by atoms with van der Waals surface area (Å²) in [6, 6.07) is 3.62. The van der Waals surface area contributed by atoms with Crippen molar-refractivity contribution in [2.24, 2.45) is 5.16 Å². The average molecular weight is 527 g/mol. The van der Waals surface area contributed by atoms with Gasteiger partial charge in [-0.05, 0) is 75.1 Å². The highest BCUT2D eigenvalue weighted by Gasteiger charge is 2.20. The minimum atomic E-state index is -0.0386. The fourth-order valence-electron chi connectivity index (χ4n) is 4.99. The van der Waals surface area contributed by atoms with Crippen LogP contribution < -0.4 is 0 Å². The Bertz CT molecular complexity index is 932. The van der Waals surface area contributed by atoms with Crippen molar-refractivity contribution in [3.05, 3.63) is 47.6 Å². The van der Waals surface area contributed by atoms with Crippen LogP contribution in [0.1, 0.15) is 109 Å². The van der Waals surface area contributed by atoms with E-state index < -0.39 is 0 Å². The van der Waals surface area contributed by atoms with Crippen LogP contribution in [0, 0.1) is 0 Å². The van der Waals surface area contributed by atoms with Crippen LogP contribution in [-0.4, -0.2) is 47.4 Å². The number of piperidine rings is 1. The summed E-state index contributed by atoms with van der Waals surface area (Å²) < 4.78 is 6.44. The maximum Gasteiger partial charge on any atom is 0.263 e. The van der Waals surface area contributed by atoms with E-state index in [1.165, 1.54) is 6.42 Å². The molecule has 0 saturated carbocycles. The monoisotopic (exact) mass is 526 g/mol. The minimum Gasteiger partial charge on any atom is -0.508 e. The van der Waals surface area contributed by atoms with Crippen molar-refractivity contribution < 1.29 is 19.5 Å². The molecule has 1 saturated heterocycles. The zero-order chi connectivity index (χ0) is 27.8. The number of likely N-dealkylation sites (tertiary alicyclic amines) is 1. The number of hydrogen-bond donors (Lipinski definition) is 1. The fraction of sp³-hybridized carbons (Fsp3) is 0.625. The number of allylic oxidation sites excluding steroid dienone is 1. The van der Waals surface area contributed by atoms with E-state index in [4.69, 9.17) is 9.57 Å². The maximum atomic E-state index is 12.6. The van der Waals surface area contributed by atoms with E-state index in [-0.39, 0.29) is 24.4 Å². The van der Waals surface area contributed by atoms with Crippen LogP contribution in [0.5, 0.6) is 5.75 Å². The third-order valence-corrected chi connectivity index (χ3v) is 6.94. The molecular formula is C32H50N2O4. The topological polar surface area (TPSA) is 71.4 Å². The predicted octanol–water partition coefficient (Wildman–Crippen LogP) is 7.58. The number of phenols is 1. The molecule has 1 heterocycles. The molecular weight excluding hydrogens is 476 g/mol. The first-order valence-electron chi connectivity index (χ1n) is 14.7. The van der Waals surface area contributed by atoms with Crippen LogP contribution in [0.25, 0.3) is 5.76 Å². The van der Waals surface area contributed by atoms with E-state index in [0.717, 1.165) is 99.7 Å². The molecule has 0 spiro atoms. The van der Waals surface area contributed by atoms with Crippen LogP contribution in [0.2, 0.25) is 0 Å². The first-order valence-corrected chi connectivity index (χ1v) is 14.7. The Labute approximate surface area is 230 Å². The molecule has 1 N–H and O–H groups in total. The van der Waals surface area contributed by atoms with Gasteiger partial charge in [0.15, 0.2) is 6.61 Å². The van der Waals surface area contributed by atoms with Crippen LogP contribution >= 0.6 is 0 Å². The van der Waals surface area contributed by atoms with Crippen molar-refractivity contribution in [1.82, 2.24) is 4.90 Å². The molecule has 1 amide bonds. The van der Waals surface area contributed by atoms with Gasteiger partial charge in [0.2, 0.25) is 0 Å². The molecule has 6 heteroatoms. The normalized spacial score (nSPS) is 15.1.